The number of aryl methyl sites for hydroxylation is 1. The predicted octanol–water partition coefficient (Wildman–Crippen LogP) is 4.77. The van der Waals surface area contributed by atoms with Crippen LogP contribution in [-0.2, 0) is 33.8 Å². The third kappa shape index (κ3) is 5.10. The average Bonchev–Trinajstić information content (AvgIpc) is 3.64. The van der Waals surface area contributed by atoms with Crippen molar-refractivity contribution >= 4 is 44.6 Å². The van der Waals surface area contributed by atoms with Crippen molar-refractivity contribution in [1.82, 2.24) is 14.9 Å². The van der Waals surface area contributed by atoms with Crippen molar-refractivity contribution in [3.05, 3.63) is 46.5 Å². The highest BCUT2D eigenvalue weighted by atomic mass is 32.2. The lowest BCUT2D eigenvalue weighted by molar-refractivity contribution is -0.137. The van der Waals surface area contributed by atoms with E-state index in [1.54, 1.807) is 0 Å². The smallest absolute Gasteiger partial charge is 0.420 e. The molecule has 1 amide bonds. The van der Waals surface area contributed by atoms with E-state index < -0.39 is 33.4 Å². The zero-order valence-electron chi connectivity index (χ0n) is 21.8. The minimum Gasteiger partial charge on any atom is -0.465 e. The standard InChI is InChI=1S/C26H26F3N5O5S2/c1-2-14-7-15(33-11-17-8-16(33)12-34(17)25(35)36)3-4-19(14)31-24-30-10-18(26(27,28)29)23(32-24)20-9-22-21(40-20)13-39-5-6-41(22,37)38/h3-4,7,9-10,16-17H,2,5-6,8,11-13H2,1H3,(H,35,36)(H,30,31,32)/t16-,17-/m1/s1. The topological polar surface area (TPSA) is 125 Å². The molecule has 6 rings (SSSR count). The summed E-state index contributed by atoms with van der Waals surface area (Å²) < 4.78 is 72.5. The maximum absolute atomic E-state index is 14.0. The Kier molecular flexibility index (Phi) is 6.85. The number of benzene rings is 1. The van der Waals surface area contributed by atoms with Crippen LogP contribution in [0.1, 0.15) is 29.3 Å². The lowest BCUT2D eigenvalue weighted by atomic mass is 10.1. The van der Waals surface area contributed by atoms with Crippen molar-refractivity contribution in [3.8, 4) is 10.6 Å². The molecule has 0 saturated carbocycles. The minimum absolute atomic E-state index is 0.00403. The van der Waals surface area contributed by atoms with Crippen molar-refractivity contribution in [2.45, 2.75) is 49.5 Å². The van der Waals surface area contributed by atoms with Crippen LogP contribution >= 0.6 is 11.3 Å². The number of nitrogens with one attached hydrogen (secondary N) is 1. The Morgan fingerprint density at radius 2 is 2.05 bits per heavy atom. The largest absolute Gasteiger partial charge is 0.465 e. The van der Waals surface area contributed by atoms with E-state index in [2.05, 4.69) is 20.2 Å². The number of thiophene rings is 1. The molecule has 2 atom stereocenters. The summed E-state index contributed by atoms with van der Waals surface area (Å²) in [5, 5.41) is 12.4. The van der Waals surface area contributed by atoms with Gasteiger partial charge in [-0.1, -0.05) is 6.92 Å². The fourth-order valence-corrected chi connectivity index (χ4v) is 8.52. The molecule has 3 aromatic rings. The number of nitrogens with zero attached hydrogens (tertiary/aromatic N) is 4. The molecule has 3 aliphatic heterocycles. The monoisotopic (exact) mass is 609 g/mol. The van der Waals surface area contributed by atoms with Gasteiger partial charge in [-0.05, 0) is 42.7 Å². The van der Waals surface area contributed by atoms with E-state index in [1.165, 1.54) is 11.0 Å². The van der Waals surface area contributed by atoms with Gasteiger partial charge in [-0.15, -0.1) is 11.3 Å². The summed E-state index contributed by atoms with van der Waals surface area (Å²) >= 11 is 0.913. The number of likely N-dealkylation sites (tertiary alicyclic amines) is 1. The number of anilines is 3. The molecule has 10 nitrogen and oxygen atoms in total. The number of halogens is 3. The average molecular weight is 610 g/mol. The molecule has 0 unspecified atom stereocenters. The third-order valence-electron chi connectivity index (χ3n) is 7.70. The second-order valence-electron chi connectivity index (χ2n) is 10.2. The highest BCUT2D eigenvalue weighted by Gasteiger charge is 2.45. The van der Waals surface area contributed by atoms with Crippen LogP contribution in [0.5, 0.6) is 0 Å². The molecule has 2 fully saturated rings. The Balaban J connectivity index is 1.31. The van der Waals surface area contributed by atoms with Crippen LogP contribution in [0.25, 0.3) is 10.6 Å². The first kappa shape index (κ1) is 27.7. The first-order valence-corrected chi connectivity index (χ1v) is 15.5. The summed E-state index contributed by atoms with van der Waals surface area (Å²) in [6.45, 7) is 3.02. The maximum Gasteiger partial charge on any atom is 0.420 e. The molecule has 2 aromatic heterocycles. The molecule has 0 aliphatic carbocycles. The van der Waals surface area contributed by atoms with Crippen molar-refractivity contribution in [2.24, 2.45) is 0 Å². The van der Waals surface area contributed by atoms with E-state index in [9.17, 15) is 31.5 Å². The molecule has 218 valence electrons. The number of hydrogen-bond acceptors (Lipinski definition) is 9. The van der Waals surface area contributed by atoms with Crippen LogP contribution in [0.15, 0.2) is 35.4 Å². The van der Waals surface area contributed by atoms with E-state index in [0.717, 1.165) is 29.0 Å². The third-order valence-corrected chi connectivity index (χ3v) is 10.7. The molecule has 1 aromatic carbocycles. The van der Waals surface area contributed by atoms with Gasteiger partial charge >= 0.3 is 12.3 Å². The first-order valence-electron chi connectivity index (χ1n) is 13.0. The number of rotatable bonds is 5. The van der Waals surface area contributed by atoms with E-state index in [0.29, 0.717) is 36.3 Å². The lowest BCUT2D eigenvalue weighted by Gasteiger charge is -2.34. The van der Waals surface area contributed by atoms with Crippen molar-refractivity contribution < 1.29 is 36.2 Å². The van der Waals surface area contributed by atoms with Gasteiger partial charge in [0.1, 0.15) is 5.56 Å². The molecule has 2 bridgehead atoms. The van der Waals surface area contributed by atoms with Gasteiger partial charge in [-0.3, -0.25) is 0 Å². The molecular formula is C26H26F3N5O5S2. The molecule has 2 saturated heterocycles. The summed E-state index contributed by atoms with van der Waals surface area (Å²) in [5.74, 6) is -0.304. The number of piperazine rings is 1. The molecule has 0 radical (unpaired) electrons. The molecule has 15 heteroatoms. The van der Waals surface area contributed by atoms with E-state index in [4.69, 9.17) is 4.74 Å². The van der Waals surface area contributed by atoms with Crippen LogP contribution in [-0.4, -0.2) is 72.0 Å². The maximum atomic E-state index is 14.0. The van der Waals surface area contributed by atoms with E-state index in [-0.39, 0.29) is 46.8 Å². The number of aromatic nitrogens is 2. The number of amides is 1. The van der Waals surface area contributed by atoms with Gasteiger partial charge in [0.15, 0.2) is 9.84 Å². The number of carbonyl (C=O) groups is 1. The molecule has 5 heterocycles. The second-order valence-corrected chi connectivity index (χ2v) is 13.4. The van der Waals surface area contributed by atoms with Crippen LogP contribution in [0.4, 0.5) is 35.3 Å². The summed E-state index contributed by atoms with van der Waals surface area (Å²) in [5.41, 5.74) is 0.979. The number of sulfone groups is 1. The minimum atomic E-state index is -4.76. The van der Waals surface area contributed by atoms with Gasteiger partial charge in [0, 0.05) is 41.6 Å². The van der Waals surface area contributed by atoms with Gasteiger partial charge in [-0.2, -0.15) is 13.2 Å². The molecule has 3 aliphatic rings. The number of hydrogen-bond donors (Lipinski definition) is 2. The second kappa shape index (κ2) is 10.1. The Labute approximate surface area is 237 Å². The Bertz CT molecular complexity index is 1630. The zero-order valence-corrected chi connectivity index (χ0v) is 23.4. The summed E-state index contributed by atoms with van der Waals surface area (Å²) in [4.78, 5) is 23.6. The van der Waals surface area contributed by atoms with Gasteiger partial charge in [0.05, 0.1) is 40.5 Å². The molecule has 0 spiro atoms. The van der Waals surface area contributed by atoms with Crippen LogP contribution in [0.2, 0.25) is 0 Å². The Morgan fingerprint density at radius 1 is 1.24 bits per heavy atom. The lowest BCUT2D eigenvalue weighted by Crippen LogP contribution is -2.48. The highest BCUT2D eigenvalue weighted by Crippen LogP contribution is 2.42. The molecule has 41 heavy (non-hydrogen) atoms. The highest BCUT2D eigenvalue weighted by molar-refractivity contribution is 7.91. The van der Waals surface area contributed by atoms with Crippen LogP contribution in [0.3, 0.4) is 0 Å². The van der Waals surface area contributed by atoms with Gasteiger partial charge in [0.2, 0.25) is 5.95 Å². The first-order chi connectivity index (χ1) is 19.4. The Hall–Kier alpha value is -3.43. The van der Waals surface area contributed by atoms with Gasteiger partial charge < -0.3 is 25.0 Å². The summed E-state index contributed by atoms with van der Waals surface area (Å²) in [7, 11) is -3.69. The van der Waals surface area contributed by atoms with E-state index in [1.807, 2.05) is 25.1 Å². The van der Waals surface area contributed by atoms with Gasteiger partial charge in [0.25, 0.3) is 0 Å². The number of fused-ring (bicyclic) bond motifs is 3. The quantitative estimate of drug-likeness (QED) is 0.421. The van der Waals surface area contributed by atoms with Crippen molar-refractivity contribution in [2.75, 3.05) is 35.7 Å². The normalized spacial score (nSPS) is 21.6. The number of carboxylic acid groups (broad SMARTS) is 1. The fourth-order valence-electron chi connectivity index (χ4n) is 5.68. The Morgan fingerprint density at radius 3 is 2.73 bits per heavy atom. The SMILES string of the molecule is CCc1cc(N2C[C@H]3C[C@@H]2CN3C(=O)O)ccc1Nc1ncc(C(F)(F)F)c(-c2cc3c(s2)COCCS3(=O)=O)n1. The fraction of sp³-hybridized carbons (Fsp3) is 0.423. The number of ether oxygens (including phenoxy) is 1. The van der Waals surface area contributed by atoms with Crippen LogP contribution < -0.4 is 10.2 Å². The predicted molar refractivity (Wildman–Crippen MR) is 145 cm³/mol. The molecular weight excluding hydrogens is 583 g/mol. The summed E-state index contributed by atoms with van der Waals surface area (Å²) in [6.07, 6.45) is -3.57. The van der Waals surface area contributed by atoms with E-state index >= 15 is 0 Å². The molecule has 2 N–H and O–H groups in total. The summed E-state index contributed by atoms with van der Waals surface area (Å²) in [6, 6.07) is 6.98. The van der Waals surface area contributed by atoms with Crippen molar-refractivity contribution in [1.29, 1.82) is 0 Å². The van der Waals surface area contributed by atoms with Crippen LogP contribution in [0, 0.1) is 0 Å². The number of alkyl halides is 3. The van der Waals surface area contributed by atoms with Gasteiger partial charge in [-0.25, -0.2) is 23.2 Å². The van der Waals surface area contributed by atoms with Crippen molar-refractivity contribution in [3.63, 3.8) is 0 Å². The zero-order chi connectivity index (χ0) is 29.1.